The molecule has 2 saturated heterocycles. The van der Waals surface area contributed by atoms with Gasteiger partial charge in [-0.1, -0.05) is 12.1 Å². The van der Waals surface area contributed by atoms with E-state index < -0.39 is 41.3 Å². The van der Waals surface area contributed by atoms with Crippen LogP contribution in [0.25, 0.3) is 0 Å². The number of ether oxygens (including phenoxy) is 2. The number of aryl methyl sites for hydroxylation is 2. The van der Waals surface area contributed by atoms with Gasteiger partial charge in [0.1, 0.15) is 11.3 Å². The summed E-state index contributed by atoms with van der Waals surface area (Å²) in [5.41, 5.74) is 0.864. The number of imide groups is 1. The molecule has 0 spiro atoms. The Morgan fingerprint density at radius 2 is 1.71 bits per heavy atom. The molecule has 2 amide bonds. The normalized spacial score (nSPS) is 29.1. The molecule has 2 aliphatic heterocycles. The standard InChI is InChI=1S/C20H24N2O6/c1-9-7-12(8-10(2)16(9)28-11(3)23)15-13-14(18(25)22(5)17(13)24)20(4,21-15)19(26)27-6/h7-8,13-15,21H,1-6H3/t13-,14-,15-,20-/m0/s1. The van der Waals surface area contributed by atoms with Gasteiger partial charge in [0.15, 0.2) is 0 Å². The number of fused-ring (bicyclic) bond motifs is 1. The number of amides is 2. The molecule has 4 atom stereocenters. The average Bonchev–Trinajstić information content (AvgIpc) is 3.07. The SMILES string of the molecule is COC(=O)[C@@]1(C)N[C@@H](c2cc(C)c(OC(C)=O)c(C)c2)[C@H]2C(=O)N(C)C(=O)[C@H]21. The number of carbonyl (C=O) groups excluding carboxylic acids is 4. The Kier molecular flexibility index (Phi) is 4.79. The van der Waals surface area contributed by atoms with Gasteiger partial charge in [0.05, 0.1) is 18.9 Å². The maximum absolute atomic E-state index is 12.8. The van der Waals surface area contributed by atoms with E-state index in [0.717, 1.165) is 21.6 Å². The van der Waals surface area contributed by atoms with Crippen molar-refractivity contribution in [3.05, 3.63) is 28.8 Å². The molecule has 0 bridgehead atoms. The van der Waals surface area contributed by atoms with Gasteiger partial charge < -0.3 is 9.47 Å². The van der Waals surface area contributed by atoms with Crippen LogP contribution in [0.3, 0.4) is 0 Å². The van der Waals surface area contributed by atoms with Gasteiger partial charge >= 0.3 is 11.9 Å². The Morgan fingerprint density at radius 1 is 1.14 bits per heavy atom. The van der Waals surface area contributed by atoms with Crippen molar-refractivity contribution in [2.75, 3.05) is 14.2 Å². The van der Waals surface area contributed by atoms with Crippen LogP contribution in [-0.4, -0.2) is 48.3 Å². The van der Waals surface area contributed by atoms with Crippen molar-refractivity contribution in [1.29, 1.82) is 0 Å². The minimum absolute atomic E-state index is 0.334. The zero-order chi connectivity index (χ0) is 21.0. The van der Waals surface area contributed by atoms with Crippen LogP contribution in [0, 0.1) is 25.7 Å². The molecule has 1 N–H and O–H groups in total. The molecule has 0 unspecified atom stereocenters. The highest BCUT2D eigenvalue weighted by molar-refractivity contribution is 6.09. The number of esters is 2. The number of likely N-dealkylation sites (tertiary alicyclic amines) is 1. The van der Waals surface area contributed by atoms with Crippen LogP contribution in [-0.2, 0) is 23.9 Å². The third kappa shape index (κ3) is 2.79. The number of rotatable bonds is 3. The molecule has 0 saturated carbocycles. The fraction of sp³-hybridized carbons (Fsp3) is 0.500. The van der Waals surface area contributed by atoms with E-state index in [1.807, 2.05) is 0 Å². The molecule has 2 aliphatic rings. The smallest absolute Gasteiger partial charge is 0.326 e. The first-order valence-corrected chi connectivity index (χ1v) is 9.00. The van der Waals surface area contributed by atoms with Gasteiger partial charge in [-0.3, -0.25) is 29.4 Å². The van der Waals surface area contributed by atoms with Crippen molar-refractivity contribution in [3.8, 4) is 5.75 Å². The zero-order valence-corrected chi connectivity index (χ0v) is 16.8. The number of carbonyl (C=O) groups is 4. The van der Waals surface area contributed by atoms with E-state index in [2.05, 4.69) is 5.32 Å². The van der Waals surface area contributed by atoms with E-state index in [-0.39, 0.29) is 5.91 Å². The van der Waals surface area contributed by atoms with Gasteiger partial charge in [-0.25, -0.2) is 0 Å². The molecule has 150 valence electrons. The molecule has 2 fully saturated rings. The highest BCUT2D eigenvalue weighted by Crippen LogP contribution is 2.49. The molecule has 28 heavy (non-hydrogen) atoms. The summed E-state index contributed by atoms with van der Waals surface area (Å²) in [6.45, 7) is 6.52. The van der Waals surface area contributed by atoms with Crippen molar-refractivity contribution in [1.82, 2.24) is 10.2 Å². The van der Waals surface area contributed by atoms with Crippen LogP contribution < -0.4 is 10.1 Å². The first kappa shape index (κ1) is 20.0. The Morgan fingerprint density at radius 3 is 2.21 bits per heavy atom. The molecular formula is C20H24N2O6. The molecule has 3 rings (SSSR count). The molecule has 0 aromatic heterocycles. The van der Waals surface area contributed by atoms with Gasteiger partial charge in [-0.05, 0) is 37.5 Å². The largest absolute Gasteiger partial charge is 0.468 e. The van der Waals surface area contributed by atoms with Crippen LogP contribution in [0.5, 0.6) is 5.75 Å². The summed E-state index contributed by atoms with van der Waals surface area (Å²) in [5, 5.41) is 3.18. The van der Waals surface area contributed by atoms with E-state index in [9.17, 15) is 19.2 Å². The third-order valence-electron chi connectivity index (χ3n) is 5.70. The summed E-state index contributed by atoms with van der Waals surface area (Å²) >= 11 is 0. The first-order chi connectivity index (χ1) is 13.0. The van der Waals surface area contributed by atoms with Crippen molar-refractivity contribution in [2.45, 2.75) is 39.3 Å². The quantitative estimate of drug-likeness (QED) is 0.469. The predicted molar refractivity (Wildman–Crippen MR) is 98.3 cm³/mol. The maximum atomic E-state index is 12.8. The zero-order valence-electron chi connectivity index (χ0n) is 16.8. The van der Waals surface area contributed by atoms with Crippen LogP contribution in [0.1, 0.15) is 36.6 Å². The number of nitrogens with one attached hydrogen (secondary N) is 1. The average molecular weight is 388 g/mol. The van der Waals surface area contributed by atoms with Gasteiger partial charge in [-0.15, -0.1) is 0 Å². The van der Waals surface area contributed by atoms with Crippen LogP contribution >= 0.6 is 0 Å². The second-order valence-electron chi connectivity index (χ2n) is 7.63. The van der Waals surface area contributed by atoms with Gasteiger partial charge in [-0.2, -0.15) is 0 Å². The fourth-order valence-electron chi connectivity index (χ4n) is 4.44. The van der Waals surface area contributed by atoms with E-state index in [4.69, 9.17) is 9.47 Å². The van der Waals surface area contributed by atoms with Crippen LogP contribution in [0.4, 0.5) is 0 Å². The summed E-state index contributed by atoms with van der Waals surface area (Å²) in [6, 6.07) is 3.05. The van der Waals surface area contributed by atoms with Crippen molar-refractivity contribution < 1.29 is 28.7 Å². The second-order valence-corrected chi connectivity index (χ2v) is 7.63. The van der Waals surface area contributed by atoms with Crippen molar-refractivity contribution in [3.63, 3.8) is 0 Å². The topological polar surface area (TPSA) is 102 Å². The van der Waals surface area contributed by atoms with E-state index in [0.29, 0.717) is 5.75 Å². The molecule has 1 aromatic carbocycles. The lowest BCUT2D eigenvalue weighted by Gasteiger charge is -2.28. The van der Waals surface area contributed by atoms with Crippen LogP contribution in [0.2, 0.25) is 0 Å². The highest BCUT2D eigenvalue weighted by atomic mass is 16.5. The first-order valence-electron chi connectivity index (χ1n) is 9.00. The molecule has 8 heteroatoms. The Balaban J connectivity index is 2.10. The number of nitrogens with zero attached hydrogens (tertiary/aromatic N) is 1. The predicted octanol–water partition coefficient (Wildman–Crippen LogP) is 1.04. The van der Waals surface area contributed by atoms with Crippen molar-refractivity contribution >= 4 is 23.8 Å². The highest BCUT2D eigenvalue weighted by Gasteiger charge is 2.66. The lowest BCUT2D eigenvalue weighted by Crippen LogP contribution is -2.53. The summed E-state index contributed by atoms with van der Waals surface area (Å²) in [5.74, 6) is -2.85. The molecule has 8 nitrogen and oxygen atoms in total. The van der Waals surface area contributed by atoms with Gasteiger partial charge in [0, 0.05) is 20.0 Å². The summed E-state index contributed by atoms with van der Waals surface area (Å²) in [7, 11) is 2.68. The Hall–Kier alpha value is -2.74. The Bertz CT molecular complexity index is 872. The minimum atomic E-state index is -1.32. The lowest BCUT2D eigenvalue weighted by molar-refractivity contribution is -0.152. The van der Waals surface area contributed by atoms with Gasteiger partial charge in [0.2, 0.25) is 11.8 Å². The van der Waals surface area contributed by atoms with Gasteiger partial charge in [0.25, 0.3) is 0 Å². The number of benzene rings is 1. The summed E-state index contributed by atoms with van der Waals surface area (Å²) in [6.07, 6.45) is 0. The van der Waals surface area contributed by atoms with E-state index in [1.54, 1.807) is 32.9 Å². The molecule has 0 radical (unpaired) electrons. The van der Waals surface area contributed by atoms with Crippen LogP contribution in [0.15, 0.2) is 12.1 Å². The molecule has 1 aromatic rings. The minimum Gasteiger partial charge on any atom is -0.468 e. The second kappa shape index (κ2) is 6.70. The lowest BCUT2D eigenvalue weighted by atomic mass is 9.80. The molecular weight excluding hydrogens is 364 g/mol. The number of hydrogen-bond acceptors (Lipinski definition) is 7. The molecule has 0 aliphatic carbocycles. The summed E-state index contributed by atoms with van der Waals surface area (Å²) in [4.78, 5) is 50.4. The fourth-order valence-corrected chi connectivity index (χ4v) is 4.44. The maximum Gasteiger partial charge on any atom is 0.326 e. The van der Waals surface area contributed by atoms with E-state index >= 15 is 0 Å². The molecule has 2 heterocycles. The van der Waals surface area contributed by atoms with Crippen molar-refractivity contribution in [2.24, 2.45) is 11.8 Å². The number of methoxy groups -OCH3 is 1. The third-order valence-corrected chi connectivity index (χ3v) is 5.70. The van der Waals surface area contributed by atoms with E-state index in [1.165, 1.54) is 21.1 Å². The Labute approximate surface area is 163 Å². The number of hydrogen-bond donors (Lipinski definition) is 1. The monoisotopic (exact) mass is 388 g/mol. The summed E-state index contributed by atoms with van der Waals surface area (Å²) < 4.78 is 10.2.